The predicted octanol–water partition coefficient (Wildman–Crippen LogP) is 6.37. The molecular weight excluding hydrogens is 423 g/mol. The van der Waals surface area contributed by atoms with E-state index in [4.69, 9.17) is 0 Å². The number of aryl methyl sites for hydroxylation is 1. The van der Waals surface area contributed by atoms with E-state index in [2.05, 4.69) is 124 Å². The molecule has 4 heterocycles. The molecule has 35 heavy (non-hydrogen) atoms. The van der Waals surface area contributed by atoms with Crippen molar-refractivity contribution in [2.75, 3.05) is 9.80 Å². The van der Waals surface area contributed by atoms with Gasteiger partial charge in [0.2, 0.25) is 6.71 Å². The minimum Gasteiger partial charge on any atom is -0.336 e. The summed E-state index contributed by atoms with van der Waals surface area (Å²) >= 11 is 0. The Morgan fingerprint density at radius 2 is 1.63 bits per heavy atom. The first-order chi connectivity index (χ1) is 16.7. The summed E-state index contributed by atoms with van der Waals surface area (Å²) in [7, 11) is 0. The summed E-state index contributed by atoms with van der Waals surface area (Å²) in [6.07, 6.45) is 7.20. The molecule has 0 N–H and O–H groups in total. The molecule has 0 radical (unpaired) electrons. The summed E-state index contributed by atoms with van der Waals surface area (Å²) in [6.45, 7) is 14.8. The second-order valence-electron chi connectivity index (χ2n) is 12.5. The lowest BCUT2D eigenvalue weighted by Gasteiger charge is -2.55. The molecule has 1 aliphatic carbocycles. The zero-order valence-electron chi connectivity index (χ0n) is 21.5. The molecule has 8 rings (SSSR count). The van der Waals surface area contributed by atoms with E-state index in [0.717, 1.165) is 0 Å². The molecule has 3 aromatic rings. The van der Waals surface area contributed by atoms with E-state index in [0.29, 0.717) is 12.8 Å². The smallest absolute Gasteiger partial charge is 0.229 e. The number of anilines is 4. The van der Waals surface area contributed by atoms with Crippen molar-refractivity contribution in [3.8, 4) is 0 Å². The number of benzene rings is 3. The topological polar surface area (TPSA) is 6.48 Å². The van der Waals surface area contributed by atoms with Gasteiger partial charge in [-0.05, 0) is 71.9 Å². The van der Waals surface area contributed by atoms with Crippen LogP contribution in [0, 0.1) is 6.92 Å². The van der Waals surface area contributed by atoms with E-state index >= 15 is 0 Å². The van der Waals surface area contributed by atoms with Gasteiger partial charge in [-0.25, -0.2) is 0 Å². The summed E-state index contributed by atoms with van der Waals surface area (Å²) in [4.78, 5) is 5.38. The molecule has 172 valence electrons. The number of fused-ring (bicyclic) bond motifs is 7. The van der Waals surface area contributed by atoms with Crippen LogP contribution in [0.4, 0.5) is 22.7 Å². The fourth-order valence-electron chi connectivity index (χ4n) is 8.22. The van der Waals surface area contributed by atoms with E-state index in [1.54, 1.807) is 0 Å². The summed E-state index contributed by atoms with van der Waals surface area (Å²) in [5.41, 5.74) is 14.3. The van der Waals surface area contributed by atoms with Gasteiger partial charge < -0.3 is 9.80 Å². The third-order valence-corrected chi connectivity index (χ3v) is 10.4. The van der Waals surface area contributed by atoms with Gasteiger partial charge in [-0.1, -0.05) is 75.4 Å². The number of para-hydroxylation sites is 2. The maximum absolute atomic E-state index is 2.70. The molecule has 0 bridgehead atoms. The van der Waals surface area contributed by atoms with Crippen LogP contribution in [0.5, 0.6) is 0 Å². The van der Waals surface area contributed by atoms with Gasteiger partial charge in [-0.2, -0.15) is 0 Å². The zero-order valence-corrected chi connectivity index (χ0v) is 21.5. The highest BCUT2D eigenvalue weighted by Crippen LogP contribution is 2.63. The van der Waals surface area contributed by atoms with E-state index in [1.807, 2.05) is 0 Å². The minimum atomic E-state index is -0.0435. The van der Waals surface area contributed by atoms with E-state index < -0.39 is 0 Å². The molecule has 0 amide bonds. The largest absolute Gasteiger partial charge is 0.336 e. The van der Waals surface area contributed by atoms with Crippen LogP contribution in [0.3, 0.4) is 0 Å². The normalized spacial score (nSPS) is 26.7. The lowest BCUT2D eigenvalue weighted by atomic mass is 9.23. The number of hydrogen-bond donors (Lipinski definition) is 0. The van der Waals surface area contributed by atoms with Crippen LogP contribution in [0.1, 0.15) is 51.3 Å². The molecule has 0 fully saturated rings. The van der Waals surface area contributed by atoms with Crippen LogP contribution in [0.2, 0.25) is 5.31 Å². The van der Waals surface area contributed by atoms with Gasteiger partial charge in [0.05, 0.1) is 6.04 Å². The number of rotatable bonds is 0. The summed E-state index contributed by atoms with van der Waals surface area (Å²) < 4.78 is 0. The van der Waals surface area contributed by atoms with Crippen molar-refractivity contribution in [2.45, 2.75) is 63.9 Å². The number of allylic oxidation sites excluding steroid dienone is 2. The van der Waals surface area contributed by atoms with Crippen molar-refractivity contribution in [1.29, 1.82) is 0 Å². The van der Waals surface area contributed by atoms with Crippen molar-refractivity contribution in [2.24, 2.45) is 0 Å². The molecule has 4 aliphatic heterocycles. The van der Waals surface area contributed by atoms with Crippen molar-refractivity contribution in [3.05, 3.63) is 89.5 Å². The maximum Gasteiger partial charge on any atom is 0.229 e. The third-order valence-electron chi connectivity index (χ3n) is 10.4. The average Bonchev–Trinajstić information content (AvgIpc) is 3.24. The lowest BCUT2D eigenvalue weighted by molar-refractivity contribution is 0.330. The van der Waals surface area contributed by atoms with Crippen LogP contribution < -0.4 is 20.7 Å². The molecule has 2 unspecified atom stereocenters. The molecule has 0 aromatic heterocycles. The predicted molar refractivity (Wildman–Crippen MR) is 150 cm³/mol. The third kappa shape index (κ3) is 1.97. The Morgan fingerprint density at radius 1 is 0.857 bits per heavy atom. The first kappa shape index (κ1) is 20.0. The fraction of sp³-hybridized carbons (Fsp3) is 0.312. The van der Waals surface area contributed by atoms with E-state index in [1.165, 1.54) is 55.9 Å². The number of nitrogens with zero attached hydrogens (tertiary/aromatic N) is 2. The number of hydrogen-bond acceptors (Lipinski definition) is 2. The van der Waals surface area contributed by atoms with Crippen LogP contribution >= 0.6 is 0 Å². The highest BCUT2D eigenvalue weighted by Gasteiger charge is 2.63. The van der Waals surface area contributed by atoms with Crippen molar-refractivity contribution in [3.63, 3.8) is 0 Å². The molecule has 3 aromatic carbocycles. The molecule has 5 aliphatic rings. The van der Waals surface area contributed by atoms with Crippen molar-refractivity contribution >= 4 is 46.0 Å². The zero-order chi connectivity index (χ0) is 24.1. The Labute approximate surface area is 209 Å². The average molecular weight is 454 g/mol. The van der Waals surface area contributed by atoms with Gasteiger partial charge >= 0.3 is 0 Å². The van der Waals surface area contributed by atoms with Gasteiger partial charge in [0.15, 0.2) is 0 Å². The summed E-state index contributed by atoms with van der Waals surface area (Å²) in [5.74, 6) is 0. The highest BCUT2D eigenvalue weighted by molar-refractivity contribution is 6.92. The van der Waals surface area contributed by atoms with Crippen LogP contribution in [0.15, 0.2) is 72.8 Å². The lowest BCUT2D eigenvalue weighted by Crippen LogP contribution is -2.66. The Morgan fingerprint density at radius 3 is 2.46 bits per heavy atom. The second-order valence-corrected chi connectivity index (χ2v) is 12.5. The monoisotopic (exact) mass is 454 g/mol. The molecule has 2 atom stereocenters. The molecular formula is C32H31BN2. The second kappa shape index (κ2) is 5.78. The molecule has 0 spiro atoms. The van der Waals surface area contributed by atoms with Gasteiger partial charge in [0.1, 0.15) is 0 Å². The van der Waals surface area contributed by atoms with Crippen molar-refractivity contribution in [1.82, 2.24) is 0 Å². The highest BCUT2D eigenvalue weighted by atomic mass is 15.3. The van der Waals surface area contributed by atoms with Gasteiger partial charge in [-0.15, -0.1) is 0 Å². The summed E-state index contributed by atoms with van der Waals surface area (Å²) in [6, 6.07) is 21.4. The first-order valence-corrected chi connectivity index (χ1v) is 13.0. The molecule has 0 saturated carbocycles. The van der Waals surface area contributed by atoms with E-state index in [9.17, 15) is 0 Å². The Hall–Kier alpha value is -3.20. The molecule has 2 nitrogen and oxygen atoms in total. The quantitative estimate of drug-likeness (QED) is 0.364. The van der Waals surface area contributed by atoms with Crippen LogP contribution in [-0.4, -0.2) is 18.3 Å². The first-order valence-electron chi connectivity index (χ1n) is 13.0. The van der Waals surface area contributed by atoms with E-state index in [-0.39, 0.29) is 16.3 Å². The van der Waals surface area contributed by atoms with Crippen LogP contribution in [0.25, 0.3) is 5.57 Å². The molecule has 0 saturated heterocycles. The minimum absolute atomic E-state index is 0.0356. The summed E-state index contributed by atoms with van der Waals surface area (Å²) in [5, 5.41) is -0.0435. The Bertz CT molecular complexity index is 1560. The van der Waals surface area contributed by atoms with Gasteiger partial charge in [0.25, 0.3) is 0 Å². The standard InChI is InChI=1S/C32H31BN2/c1-19-17-25-27-26(18-19)35-28-22(30(2,3)31(35,4)5)13-9-14-23(28)33(27)32(6)16-10-12-21-20-11-7-8-15-24(20)34(25)29(21)32/h7-18,29H,1-6H3. The van der Waals surface area contributed by atoms with Gasteiger partial charge in [-0.3, -0.25) is 0 Å². The molecule has 3 heteroatoms. The van der Waals surface area contributed by atoms with Gasteiger partial charge in [0, 0.05) is 39.3 Å². The van der Waals surface area contributed by atoms with Crippen molar-refractivity contribution < 1.29 is 0 Å². The Balaban J connectivity index is 1.55. The SMILES string of the molecule is Cc1cc2c3c(c1)N1c4c(cccc4C(C)(C)C1(C)C)B3C1(C)C=CC=C3c4ccccc4N2C31. The maximum atomic E-state index is 2.70. The van der Waals surface area contributed by atoms with Crippen LogP contribution in [-0.2, 0) is 5.41 Å². The fourth-order valence-corrected chi connectivity index (χ4v) is 8.22. The Kier molecular flexibility index (Phi) is 3.31.